The van der Waals surface area contributed by atoms with Crippen LogP contribution in [0.25, 0.3) is 11.0 Å². The van der Waals surface area contributed by atoms with Crippen LogP contribution in [0.3, 0.4) is 0 Å². The number of hydrogen-bond acceptors (Lipinski definition) is 8. The average molecular weight is 510 g/mol. The Hall–Kier alpha value is -3.16. The summed E-state index contributed by atoms with van der Waals surface area (Å²) in [5.74, 6) is -2.07. The van der Waals surface area contributed by atoms with E-state index < -0.39 is 33.3 Å². The van der Waals surface area contributed by atoms with Crippen LogP contribution in [-0.2, 0) is 16.6 Å². The van der Waals surface area contributed by atoms with E-state index in [2.05, 4.69) is 15.3 Å². The second-order valence-electron chi connectivity index (χ2n) is 8.50. The molecule has 1 fully saturated rings. The van der Waals surface area contributed by atoms with E-state index in [-0.39, 0.29) is 35.7 Å². The summed E-state index contributed by atoms with van der Waals surface area (Å²) in [5, 5.41) is 13.5. The first kappa shape index (κ1) is 24.9. The van der Waals surface area contributed by atoms with Gasteiger partial charge in [-0.25, -0.2) is 26.5 Å². The lowest BCUT2D eigenvalue weighted by Gasteiger charge is -2.30. The van der Waals surface area contributed by atoms with Crippen molar-refractivity contribution in [2.45, 2.75) is 38.5 Å². The summed E-state index contributed by atoms with van der Waals surface area (Å²) in [6.07, 6.45) is 2.86. The van der Waals surface area contributed by atoms with Crippen molar-refractivity contribution < 1.29 is 27.0 Å². The van der Waals surface area contributed by atoms with Crippen LogP contribution >= 0.6 is 0 Å². The number of aromatic nitrogens is 3. The van der Waals surface area contributed by atoms with Gasteiger partial charge in [0, 0.05) is 36.8 Å². The number of aliphatic hydroxyl groups excluding tert-OH is 1. The summed E-state index contributed by atoms with van der Waals surface area (Å²) in [4.78, 5) is 21.9. The van der Waals surface area contributed by atoms with E-state index in [4.69, 9.17) is 4.74 Å². The number of fused-ring (bicyclic) bond motifs is 1. The molecule has 0 spiro atoms. The molecule has 0 saturated carbocycles. The largest absolute Gasteiger partial charge is 0.448 e. The number of ether oxygens (including phenoxy) is 1. The average Bonchev–Trinajstić information content (AvgIpc) is 2.78. The smallest absolute Gasteiger partial charge is 0.295 e. The molecule has 188 valence electrons. The molecule has 13 heteroatoms. The molecule has 1 atom stereocenters. The zero-order valence-electron chi connectivity index (χ0n) is 19.1. The molecule has 10 nitrogen and oxygen atoms in total. The maximum atomic E-state index is 14.1. The summed E-state index contributed by atoms with van der Waals surface area (Å²) in [6, 6.07) is 4.02. The maximum absolute atomic E-state index is 14.1. The van der Waals surface area contributed by atoms with Crippen LogP contribution in [0, 0.1) is 11.6 Å². The van der Waals surface area contributed by atoms with Crippen LogP contribution in [0.1, 0.15) is 19.8 Å². The number of nitrogens with one attached hydrogen (secondary N) is 1. The van der Waals surface area contributed by atoms with Crippen LogP contribution in [0.5, 0.6) is 11.5 Å². The predicted octanol–water partition coefficient (Wildman–Crippen LogP) is 2.08. The third-order valence-corrected chi connectivity index (χ3v) is 6.91. The number of benzene rings is 1. The second-order valence-corrected chi connectivity index (χ2v) is 10.5. The zero-order chi connectivity index (χ0) is 25.3. The van der Waals surface area contributed by atoms with Crippen LogP contribution in [0.2, 0.25) is 0 Å². The minimum absolute atomic E-state index is 0.0635. The zero-order valence-corrected chi connectivity index (χ0v) is 19.9. The molecular weight excluding hydrogens is 484 g/mol. The molecule has 3 aromatic rings. The number of pyridine rings is 1. The summed E-state index contributed by atoms with van der Waals surface area (Å²) in [7, 11) is -3.25. The van der Waals surface area contributed by atoms with Crippen LogP contribution in [0.15, 0.2) is 35.3 Å². The molecule has 2 N–H and O–H groups in total. The van der Waals surface area contributed by atoms with Gasteiger partial charge in [0.25, 0.3) is 5.56 Å². The fraction of sp³-hybridized carbons (Fsp3) is 0.409. The number of nitrogens with zero attached hydrogens (tertiary/aromatic N) is 4. The fourth-order valence-electron chi connectivity index (χ4n) is 3.90. The molecule has 35 heavy (non-hydrogen) atoms. The molecule has 4 rings (SSSR count). The van der Waals surface area contributed by atoms with Crippen molar-refractivity contribution in [2.24, 2.45) is 0 Å². The number of hydrogen-bond donors (Lipinski definition) is 2. The third-order valence-electron chi connectivity index (χ3n) is 5.61. The molecule has 0 bridgehead atoms. The molecule has 1 aliphatic heterocycles. The fourth-order valence-corrected chi connectivity index (χ4v) is 4.77. The van der Waals surface area contributed by atoms with Crippen LogP contribution in [0.4, 0.5) is 14.7 Å². The van der Waals surface area contributed by atoms with Gasteiger partial charge in [-0.2, -0.15) is 4.98 Å². The molecule has 1 aliphatic rings. The number of aliphatic hydroxyl groups is 1. The van der Waals surface area contributed by atoms with E-state index in [1.807, 2.05) is 0 Å². The first-order chi connectivity index (χ1) is 16.5. The number of rotatable bonds is 7. The molecule has 1 aromatic carbocycles. The highest BCUT2D eigenvalue weighted by Crippen LogP contribution is 2.26. The molecule has 0 unspecified atom stereocenters. The van der Waals surface area contributed by atoms with Gasteiger partial charge in [0.15, 0.2) is 17.3 Å². The summed E-state index contributed by atoms with van der Waals surface area (Å²) >= 11 is 0. The SMILES string of the molecule is C[C@H](O)Cn1c(=O)c(Oc2ccc(F)cc2F)cc2cnc(NC3CCN(S(C)(=O)=O)CC3)nc21. The Bertz CT molecular complexity index is 1410. The van der Waals surface area contributed by atoms with Crippen molar-refractivity contribution >= 4 is 27.0 Å². The van der Waals surface area contributed by atoms with Crippen molar-refractivity contribution in [3.8, 4) is 11.5 Å². The van der Waals surface area contributed by atoms with Gasteiger partial charge in [0.05, 0.1) is 18.9 Å². The van der Waals surface area contributed by atoms with Crippen molar-refractivity contribution in [3.63, 3.8) is 0 Å². The van der Waals surface area contributed by atoms with E-state index >= 15 is 0 Å². The Balaban J connectivity index is 1.64. The van der Waals surface area contributed by atoms with Gasteiger partial charge >= 0.3 is 0 Å². The molecule has 2 aromatic heterocycles. The van der Waals surface area contributed by atoms with E-state index in [1.165, 1.54) is 34.3 Å². The highest BCUT2D eigenvalue weighted by Gasteiger charge is 2.25. The molecule has 1 saturated heterocycles. The first-order valence-corrected chi connectivity index (χ1v) is 12.8. The maximum Gasteiger partial charge on any atom is 0.295 e. The van der Waals surface area contributed by atoms with Crippen molar-refractivity contribution in [3.05, 3.63) is 52.5 Å². The van der Waals surface area contributed by atoms with Gasteiger partial charge in [-0.05, 0) is 38.0 Å². The minimum Gasteiger partial charge on any atom is -0.448 e. The van der Waals surface area contributed by atoms with Gasteiger partial charge in [-0.3, -0.25) is 9.36 Å². The summed E-state index contributed by atoms with van der Waals surface area (Å²) < 4.78 is 58.8. The highest BCUT2D eigenvalue weighted by atomic mass is 32.2. The molecule has 0 amide bonds. The van der Waals surface area contributed by atoms with Crippen molar-refractivity contribution in [2.75, 3.05) is 24.7 Å². The quantitative estimate of drug-likeness (QED) is 0.496. The van der Waals surface area contributed by atoms with E-state index in [9.17, 15) is 27.1 Å². The normalized spacial score (nSPS) is 16.4. The summed E-state index contributed by atoms with van der Waals surface area (Å²) in [6.45, 7) is 2.14. The second kappa shape index (κ2) is 9.84. The van der Waals surface area contributed by atoms with Gasteiger partial charge in [-0.1, -0.05) is 0 Å². The Kier molecular flexibility index (Phi) is 7.01. The first-order valence-electron chi connectivity index (χ1n) is 10.9. The Morgan fingerprint density at radius 3 is 2.57 bits per heavy atom. The number of halogens is 2. The van der Waals surface area contributed by atoms with E-state index in [0.717, 1.165) is 12.1 Å². The van der Waals surface area contributed by atoms with Gasteiger partial charge in [0.2, 0.25) is 16.0 Å². The Morgan fingerprint density at radius 1 is 1.23 bits per heavy atom. The van der Waals surface area contributed by atoms with Crippen molar-refractivity contribution in [1.29, 1.82) is 0 Å². The molecule has 3 heterocycles. The minimum atomic E-state index is -3.25. The lowest BCUT2D eigenvalue weighted by atomic mass is 10.1. The van der Waals surface area contributed by atoms with Gasteiger partial charge in [0.1, 0.15) is 11.5 Å². The lowest BCUT2D eigenvalue weighted by molar-refractivity contribution is 0.173. The standard InChI is InChI=1S/C22H25F2N5O5S/c1-13(30)12-29-20-14(9-19(21(29)31)34-18-4-3-15(23)10-17(18)24)11-25-22(27-20)26-16-5-7-28(8-6-16)35(2,32)33/h3-4,9-11,13,16,30H,5-8,12H2,1-2H3,(H,25,26,27)/t13-/m0/s1. The third kappa shape index (κ3) is 5.74. The summed E-state index contributed by atoms with van der Waals surface area (Å²) in [5.41, 5.74) is -0.429. The number of sulfonamides is 1. The van der Waals surface area contributed by atoms with Gasteiger partial charge < -0.3 is 15.2 Å². The highest BCUT2D eigenvalue weighted by molar-refractivity contribution is 7.88. The van der Waals surface area contributed by atoms with Crippen LogP contribution in [-0.4, -0.2) is 63.9 Å². The van der Waals surface area contributed by atoms with E-state index in [0.29, 0.717) is 37.4 Å². The lowest BCUT2D eigenvalue weighted by Crippen LogP contribution is -2.42. The van der Waals surface area contributed by atoms with Crippen molar-refractivity contribution in [1.82, 2.24) is 18.8 Å². The number of anilines is 1. The molecular formula is C22H25F2N5O5S. The van der Waals surface area contributed by atoms with Gasteiger partial charge in [-0.15, -0.1) is 0 Å². The van der Waals surface area contributed by atoms with E-state index in [1.54, 1.807) is 0 Å². The molecule has 0 radical (unpaired) electrons. The Morgan fingerprint density at radius 2 is 1.94 bits per heavy atom. The number of piperidine rings is 1. The Labute approximate surface area is 200 Å². The topological polar surface area (TPSA) is 127 Å². The monoisotopic (exact) mass is 509 g/mol. The predicted molar refractivity (Wildman–Crippen MR) is 125 cm³/mol. The van der Waals surface area contributed by atoms with Crippen LogP contribution < -0.4 is 15.6 Å². The molecule has 0 aliphatic carbocycles.